The molecule has 2 aromatic heterocycles. The smallest absolute Gasteiger partial charge is 0.271 e. The first-order chi connectivity index (χ1) is 7.79. The van der Waals surface area contributed by atoms with E-state index >= 15 is 0 Å². The molecule has 16 heavy (non-hydrogen) atoms. The predicted octanol–water partition coefficient (Wildman–Crippen LogP) is 1.12. The SMILES string of the molecule is NCc1nc(C(=O)NCc2ccco2)cs1. The van der Waals surface area contributed by atoms with Crippen molar-refractivity contribution in [2.45, 2.75) is 13.1 Å². The zero-order valence-corrected chi connectivity index (χ0v) is 9.29. The van der Waals surface area contributed by atoms with Crippen LogP contribution in [0.4, 0.5) is 0 Å². The molecule has 1 amide bonds. The minimum atomic E-state index is -0.215. The number of rotatable bonds is 4. The lowest BCUT2D eigenvalue weighted by atomic mass is 10.4. The van der Waals surface area contributed by atoms with Crippen molar-refractivity contribution in [1.82, 2.24) is 10.3 Å². The van der Waals surface area contributed by atoms with Crippen molar-refractivity contribution in [3.8, 4) is 0 Å². The van der Waals surface area contributed by atoms with E-state index in [1.807, 2.05) is 0 Å². The number of carbonyl (C=O) groups is 1. The van der Waals surface area contributed by atoms with Gasteiger partial charge in [-0.15, -0.1) is 11.3 Å². The Labute approximate surface area is 96.3 Å². The second-order valence-corrected chi connectivity index (χ2v) is 4.04. The predicted molar refractivity (Wildman–Crippen MR) is 59.9 cm³/mol. The minimum absolute atomic E-state index is 0.215. The Hall–Kier alpha value is -1.66. The van der Waals surface area contributed by atoms with Crippen LogP contribution in [-0.4, -0.2) is 10.9 Å². The first-order valence-corrected chi connectivity index (χ1v) is 5.62. The fraction of sp³-hybridized carbons (Fsp3) is 0.200. The van der Waals surface area contributed by atoms with Gasteiger partial charge in [0, 0.05) is 11.9 Å². The summed E-state index contributed by atoms with van der Waals surface area (Å²) in [6.07, 6.45) is 1.57. The Morgan fingerprint density at radius 3 is 3.12 bits per heavy atom. The fourth-order valence-corrected chi connectivity index (χ4v) is 1.83. The highest BCUT2D eigenvalue weighted by atomic mass is 32.1. The number of carbonyl (C=O) groups excluding carboxylic acids is 1. The molecule has 2 heterocycles. The van der Waals surface area contributed by atoms with Crippen molar-refractivity contribution < 1.29 is 9.21 Å². The Morgan fingerprint density at radius 2 is 2.50 bits per heavy atom. The van der Waals surface area contributed by atoms with E-state index in [1.165, 1.54) is 11.3 Å². The molecule has 0 spiro atoms. The quantitative estimate of drug-likeness (QED) is 0.835. The van der Waals surface area contributed by atoms with Crippen molar-refractivity contribution in [1.29, 1.82) is 0 Å². The number of nitrogens with one attached hydrogen (secondary N) is 1. The van der Waals surface area contributed by atoms with Crippen LogP contribution < -0.4 is 11.1 Å². The summed E-state index contributed by atoms with van der Waals surface area (Å²) in [7, 11) is 0. The molecule has 0 bridgehead atoms. The van der Waals surface area contributed by atoms with Crippen LogP contribution in [0.5, 0.6) is 0 Å². The van der Waals surface area contributed by atoms with Crippen molar-refractivity contribution >= 4 is 17.2 Å². The van der Waals surface area contributed by atoms with Crippen molar-refractivity contribution in [3.63, 3.8) is 0 Å². The monoisotopic (exact) mass is 237 g/mol. The molecule has 0 aliphatic rings. The van der Waals surface area contributed by atoms with Gasteiger partial charge in [-0.2, -0.15) is 0 Å². The summed E-state index contributed by atoms with van der Waals surface area (Å²) in [5.41, 5.74) is 5.82. The van der Waals surface area contributed by atoms with Crippen LogP contribution in [0.25, 0.3) is 0 Å². The molecular weight excluding hydrogens is 226 g/mol. The lowest BCUT2D eigenvalue weighted by molar-refractivity contribution is 0.0943. The summed E-state index contributed by atoms with van der Waals surface area (Å²) >= 11 is 1.38. The summed E-state index contributed by atoms with van der Waals surface area (Å²) in [4.78, 5) is 15.7. The number of hydrogen-bond acceptors (Lipinski definition) is 5. The molecule has 0 saturated carbocycles. The van der Waals surface area contributed by atoms with Crippen molar-refractivity contribution in [2.75, 3.05) is 0 Å². The van der Waals surface area contributed by atoms with Gasteiger partial charge in [-0.25, -0.2) is 4.98 Å². The Kier molecular flexibility index (Phi) is 3.33. The lowest BCUT2D eigenvalue weighted by Gasteiger charge is -1.99. The molecular formula is C10H11N3O2S. The highest BCUT2D eigenvalue weighted by Gasteiger charge is 2.09. The van der Waals surface area contributed by atoms with E-state index in [9.17, 15) is 4.79 Å². The van der Waals surface area contributed by atoms with Gasteiger partial charge in [0.1, 0.15) is 16.5 Å². The summed E-state index contributed by atoms with van der Waals surface area (Å²) in [5, 5.41) is 5.16. The first kappa shape index (κ1) is 10.8. The fourth-order valence-electron chi connectivity index (χ4n) is 1.18. The van der Waals surface area contributed by atoms with Gasteiger partial charge in [-0.1, -0.05) is 0 Å². The Morgan fingerprint density at radius 1 is 1.62 bits per heavy atom. The number of amides is 1. The van der Waals surface area contributed by atoms with Crippen LogP contribution >= 0.6 is 11.3 Å². The number of thiazole rings is 1. The van der Waals surface area contributed by atoms with E-state index in [0.717, 1.165) is 5.01 Å². The third kappa shape index (κ3) is 2.47. The van der Waals surface area contributed by atoms with Crippen LogP contribution in [0.3, 0.4) is 0 Å². The largest absolute Gasteiger partial charge is 0.467 e. The zero-order chi connectivity index (χ0) is 11.4. The molecule has 5 nitrogen and oxygen atoms in total. The number of aromatic nitrogens is 1. The van der Waals surface area contributed by atoms with Gasteiger partial charge in [-0.05, 0) is 12.1 Å². The molecule has 6 heteroatoms. The van der Waals surface area contributed by atoms with Gasteiger partial charge in [0.25, 0.3) is 5.91 Å². The summed E-state index contributed by atoms with van der Waals surface area (Å²) < 4.78 is 5.09. The number of furan rings is 1. The zero-order valence-electron chi connectivity index (χ0n) is 8.47. The molecule has 0 radical (unpaired) electrons. The van der Waals surface area contributed by atoms with Crippen LogP contribution in [0.1, 0.15) is 21.3 Å². The maximum Gasteiger partial charge on any atom is 0.271 e. The standard InChI is InChI=1S/C10H11N3O2S/c11-4-9-13-8(6-16-9)10(14)12-5-7-2-1-3-15-7/h1-3,6H,4-5,11H2,(H,12,14). The average molecular weight is 237 g/mol. The van der Waals surface area contributed by atoms with Gasteiger partial charge in [-0.3, -0.25) is 4.79 Å². The van der Waals surface area contributed by atoms with Crippen molar-refractivity contribution in [2.24, 2.45) is 5.73 Å². The molecule has 3 N–H and O–H groups in total. The highest BCUT2D eigenvalue weighted by Crippen LogP contribution is 2.09. The van der Waals surface area contributed by atoms with Gasteiger partial charge < -0.3 is 15.5 Å². The van der Waals surface area contributed by atoms with E-state index in [4.69, 9.17) is 10.2 Å². The topological polar surface area (TPSA) is 81.1 Å². The van der Waals surface area contributed by atoms with Crippen LogP contribution in [0.15, 0.2) is 28.2 Å². The summed E-state index contributed by atoms with van der Waals surface area (Å²) in [5.74, 6) is 0.495. The molecule has 0 aliphatic heterocycles. The van der Waals surface area contributed by atoms with Gasteiger partial charge in [0.2, 0.25) is 0 Å². The number of nitrogens with zero attached hydrogens (tertiary/aromatic N) is 1. The molecule has 2 aromatic rings. The summed E-state index contributed by atoms with van der Waals surface area (Å²) in [6.45, 7) is 0.720. The molecule has 2 rings (SSSR count). The molecule has 0 atom stereocenters. The van der Waals surface area contributed by atoms with Gasteiger partial charge >= 0.3 is 0 Å². The van der Waals surface area contributed by atoms with Crippen molar-refractivity contribution in [3.05, 3.63) is 40.2 Å². The van der Waals surface area contributed by atoms with Gasteiger partial charge in [0.15, 0.2) is 0 Å². The second-order valence-electron chi connectivity index (χ2n) is 3.09. The van der Waals surface area contributed by atoms with Crippen LogP contribution in [-0.2, 0) is 13.1 Å². The van der Waals surface area contributed by atoms with E-state index < -0.39 is 0 Å². The molecule has 0 fully saturated rings. The molecule has 0 aromatic carbocycles. The maximum absolute atomic E-state index is 11.6. The van der Waals surface area contributed by atoms with Crippen LogP contribution in [0.2, 0.25) is 0 Å². The highest BCUT2D eigenvalue weighted by molar-refractivity contribution is 7.09. The third-order valence-electron chi connectivity index (χ3n) is 1.96. The average Bonchev–Trinajstić information content (AvgIpc) is 2.96. The molecule has 0 unspecified atom stereocenters. The van der Waals surface area contributed by atoms with E-state index in [2.05, 4.69) is 10.3 Å². The summed E-state index contributed by atoms with van der Waals surface area (Å²) in [6, 6.07) is 3.57. The minimum Gasteiger partial charge on any atom is -0.467 e. The third-order valence-corrected chi connectivity index (χ3v) is 2.83. The maximum atomic E-state index is 11.6. The normalized spacial score (nSPS) is 10.3. The lowest BCUT2D eigenvalue weighted by Crippen LogP contribution is -2.22. The molecule has 84 valence electrons. The van der Waals surface area contributed by atoms with E-state index in [0.29, 0.717) is 24.5 Å². The molecule has 0 saturated heterocycles. The van der Waals surface area contributed by atoms with Gasteiger partial charge in [0.05, 0.1) is 12.8 Å². The second kappa shape index (κ2) is 4.91. The van der Waals surface area contributed by atoms with Crippen LogP contribution in [0, 0.1) is 0 Å². The Bertz CT molecular complexity index is 464. The first-order valence-electron chi connectivity index (χ1n) is 4.74. The molecule has 0 aliphatic carbocycles. The number of nitrogens with two attached hydrogens (primary N) is 1. The van der Waals surface area contributed by atoms with E-state index in [-0.39, 0.29) is 5.91 Å². The van der Waals surface area contributed by atoms with E-state index in [1.54, 1.807) is 23.8 Å². The Balaban J connectivity index is 1.93. The number of hydrogen-bond donors (Lipinski definition) is 2.